The molecule has 0 saturated carbocycles. The normalized spacial score (nSPS) is 13.0. The quantitative estimate of drug-likeness (QED) is 0.562. The van der Waals surface area contributed by atoms with Gasteiger partial charge in [0.2, 0.25) is 0 Å². The second-order valence-electron chi connectivity index (χ2n) is 1.37. The minimum atomic E-state index is 0.194. The van der Waals surface area contributed by atoms with Crippen molar-refractivity contribution in [3.05, 3.63) is 36.7 Å². The fourth-order valence-corrected chi connectivity index (χ4v) is 0.406. The number of allylic oxidation sites excluding steroid dienone is 4. The zero-order chi connectivity index (χ0) is 7.66. The van der Waals surface area contributed by atoms with Crippen molar-refractivity contribution in [3.63, 3.8) is 0 Å². The summed E-state index contributed by atoms with van der Waals surface area (Å²) in [6.45, 7) is 0. The number of halogens is 2. The fraction of sp³-hybridized carbons (Fsp3) is 0.143. The molecule has 1 heterocycles. The molecule has 3 heteroatoms. The lowest BCUT2D eigenvalue weighted by Crippen LogP contribution is -1.87. The van der Waals surface area contributed by atoms with Crippen LogP contribution in [-0.2, 0) is 0 Å². The molecule has 1 rings (SSSR count). The minimum absolute atomic E-state index is 0.194. The maximum Gasteiger partial charge on any atom is 0.0967 e. The Bertz CT molecular complexity index is 125. The first kappa shape index (κ1) is 9.60. The minimum Gasteiger partial charge on any atom is -0.368 e. The van der Waals surface area contributed by atoms with Crippen LogP contribution in [0.25, 0.3) is 0 Å². The predicted molar refractivity (Wildman–Crippen MR) is 47.1 cm³/mol. The molecule has 0 amide bonds. The average molecular weight is 178 g/mol. The van der Waals surface area contributed by atoms with E-state index in [2.05, 4.69) is 5.32 Å². The Hall–Kier alpha value is -0.400. The van der Waals surface area contributed by atoms with Crippen LogP contribution in [-0.4, -0.2) is 5.34 Å². The standard InChI is InChI=1S/C6H7N.CH2Cl2/c1-2-4-6-7-5-3-1;2-1-3/h1-7H;1H2. The SMILES string of the molecule is C1=CC=CNC=C1.ClCCl. The maximum absolute atomic E-state index is 4.76. The van der Waals surface area contributed by atoms with Crippen LogP contribution in [0.4, 0.5) is 0 Å². The third-order valence-corrected chi connectivity index (χ3v) is 0.718. The van der Waals surface area contributed by atoms with Gasteiger partial charge < -0.3 is 5.32 Å². The summed E-state index contributed by atoms with van der Waals surface area (Å²) in [6, 6.07) is 0. The van der Waals surface area contributed by atoms with Crippen molar-refractivity contribution >= 4 is 23.2 Å². The molecular formula is C7H9Cl2N. The lowest BCUT2D eigenvalue weighted by Gasteiger charge is -1.79. The van der Waals surface area contributed by atoms with Crippen LogP contribution in [0.3, 0.4) is 0 Å². The van der Waals surface area contributed by atoms with Crippen molar-refractivity contribution < 1.29 is 0 Å². The Balaban J connectivity index is 0.000000236. The van der Waals surface area contributed by atoms with Crippen LogP contribution in [0.1, 0.15) is 0 Å². The van der Waals surface area contributed by atoms with Gasteiger partial charge in [0.1, 0.15) is 0 Å². The molecule has 0 spiro atoms. The summed E-state index contributed by atoms with van der Waals surface area (Å²) in [7, 11) is 0. The molecule has 0 fully saturated rings. The first-order chi connectivity index (χ1) is 4.91. The van der Waals surface area contributed by atoms with Crippen molar-refractivity contribution in [2.75, 3.05) is 5.34 Å². The number of hydrogen-bond donors (Lipinski definition) is 1. The Kier molecular flexibility index (Phi) is 8.26. The zero-order valence-corrected chi connectivity index (χ0v) is 6.94. The second kappa shape index (κ2) is 8.60. The van der Waals surface area contributed by atoms with Crippen molar-refractivity contribution in [2.24, 2.45) is 0 Å². The fourth-order valence-electron chi connectivity index (χ4n) is 0.406. The van der Waals surface area contributed by atoms with Crippen molar-refractivity contribution in [1.29, 1.82) is 0 Å². The molecule has 1 aliphatic rings. The van der Waals surface area contributed by atoms with E-state index in [0.29, 0.717) is 0 Å². The van der Waals surface area contributed by atoms with Crippen LogP contribution in [0.2, 0.25) is 0 Å². The Morgan fingerprint density at radius 3 is 1.70 bits per heavy atom. The van der Waals surface area contributed by atoms with Crippen LogP contribution in [0, 0.1) is 0 Å². The van der Waals surface area contributed by atoms with Crippen molar-refractivity contribution in [3.8, 4) is 0 Å². The van der Waals surface area contributed by atoms with E-state index in [1.165, 1.54) is 0 Å². The third-order valence-electron chi connectivity index (χ3n) is 0.718. The summed E-state index contributed by atoms with van der Waals surface area (Å²) in [4.78, 5) is 0. The number of rotatable bonds is 0. The summed E-state index contributed by atoms with van der Waals surface area (Å²) in [5.74, 6) is 0. The zero-order valence-electron chi connectivity index (χ0n) is 5.43. The molecule has 0 radical (unpaired) electrons. The topological polar surface area (TPSA) is 12.0 Å². The lowest BCUT2D eigenvalue weighted by atomic mass is 10.5. The summed E-state index contributed by atoms with van der Waals surface area (Å²) in [5.41, 5.74) is 0. The molecule has 56 valence electrons. The van der Waals surface area contributed by atoms with E-state index in [0.717, 1.165) is 0 Å². The Morgan fingerprint density at radius 2 is 1.30 bits per heavy atom. The van der Waals surface area contributed by atoms with Gasteiger partial charge >= 0.3 is 0 Å². The van der Waals surface area contributed by atoms with Crippen LogP contribution < -0.4 is 5.32 Å². The smallest absolute Gasteiger partial charge is 0.0967 e. The summed E-state index contributed by atoms with van der Waals surface area (Å²) in [5, 5.41) is 3.12. The number of alkyl halides is 2. The van der Waals surface area contributed by atoms with E-state index in [4.69, 9.17) is 23.2 Å². The van der Waals surface area contributed by atoms with Gasteiger partial charge in [0.25, 0.3) is 0 Å². The highest BCUT2D eigenvalue weighted by Crippen LogP contribution is 1.81. The molecule has 10 heavy (non-hydrogen) atoms. The molecule has 1 nitrogen and oxygen atoms in total. The molecule has 1 aliphatic heterocycles. The lowest BCUT2D eigenvalue weighted by molar-refractivity contribution is 1.20. The summed E-state index contributed by atoms with van der Waals surface area (Å²) < 4.78 is 0. The van der Waals surface area contributed by atoms with Crippen molar-refractivity contribution in [1.82, 2.24) is 5.32 Å². The first-order valence-corrected chi connectivity index (χ1v) is 3.85. The van der Waals surface area contributed by atoms with Gasteiger partial charge in [0.05, 0.1) is 5.34 Å². The predicted octanol–water partition coefficient (Wildman–Crippen LogP) is 2.59. The van der Waals surface area contributed by atoms with E-state index < -0.39 is 0 Å². The average Bonchev–Trinajstić information content (AvgIpc) is 2.17. The van der Waals surface area contributed by atoms with Gasteiger partial charge in [-0.05, 0) is 12.2 Å². The molecule has 0 bridgehead atoms. The second-order valence-corrected chi connectivity index (χ2v) is 2.18. The van der Waals surface area contributed by atoms with Crippen LogP contribution >= 0.6 is 23.2 Å². The van der Waals surface area contributed by atoms with E-state index in [-0.39, 0.29) is 5.34 Å². The molecule has 1 N–H and O–H groups in total. The van der Waals surface area contributed by atoms with Gasteiger partial charge in [-0.25, -0.2) is 0 Å². The highest BCUT2D eigenvalue weighted by atomic mass is 35.5. The molecular weight excluding hydrogens is 169 g/mol. The van der Waals surface area contributed by atoms with Gasteiger partial charge in [-0.2, -0.15) is 0 Å². The van der Waals surface area contributed by atoms with Crippen molar-refractivity contribution in [2.45, 2.75) is 0 Å². The monoisotopic (exact) mass is 177 g/mol. The highest BCUT2D eigenvalue weighted by molar-refractivity contribution is 6.40. The maximum atomic E-state index is 4.76. The summed E-state index contributed by atoms with van der Waals surface area (Å²) in [6.07, 6.45) is 11.6. The van der Waals surface area contributed by atoms with E-state index >= 15 is 0 Å². The van der Waals surface area contributed by atoms with E-state index in [1.54, 1.807) is 0 Å². The Morgan fingerprint density at radius 1 is 0.900 bits per heavy atom. The molecule has 0 aromatic carbocycles. The van der Waals surface area contributed by atoms with Gasteiger partial charge in [0.15, 0.2) is 0 Å². The number of nitrogens with one attached hydrogen (secondary N) is 1. The number of hydrogen-bond acceptors (Lipinski definition) is 1. The molecule has 0 saturated heterocycles. The van der Waals surface area contributed by atoms with E-state index in [1.807, 2.05) is 36.7 Å². The summed E-state index contributed by atoms with van der Waals surface area (Å²) >= 11 is 9.53. The molecule has 0 aromatic heterocycles. The molecule has 0 aliphatic carbocycles. The highest BCUT2D eigenvalue weighted by Gasteiger charge is 1.67. The van der Waals surface area contributed by atoms with Crippen LogP contribution in [0.5, 0.6) is 0 Å². The van der Waals surface area contributed by atoms with Gasteiger partial charge in [-0.3, -0.25) is 0 Å². The first-order valence-electron chi connectivity index (χ1n) is 2.78. The van der Waals surface area contributed by atoms with Gasteiger partial charge in [-0.15, -0.1) is 23.2 Å². The Labute approximate surface area is 71.0 Å². The van der Waals surface area contributed by atoms with E-state index in [9.17, 15) is 0 Å². The van der Waals surface area contributed by atoms with Gasteiger partial charge in [0, 0.05) is 12.4 Å². The molecule has 0 atom stereocenters. The van der Waals surface area contributed by atoms with Crippen LogP contribution in [0.15, 0.2) is 36.7 Å². The van der Waals surface area contributed by atoms with Gasteiger partial charge in [-0.1, -0.05) is 12.2 Å². The third kappa shape index (κ3) is 7.60. The molecule has 0 unspecified atom stereocenters. The largest absolute Gasteiger partial charge is 0.368 e. The molecule has 0 aromatic rings.